The average Bonchev–Trinajstić information content (AvgIpc) is 2.18. The van der Waals surface area contributed by atoms with Crippen LogP contribution in [0.3, 0.4) is 0 Å². The van der Waals surface area contributed by atoms with Crippen LogP contribution in [-0.2, 0) is 11.0 Å². The summed E-state index contributed by atoms with van der Waals surface area (Å²) in [7, 11) is 3.00. The Morgan fingerprint density at radius 2 is 1.77 bits per heavy atom. The summed E-state index contributed by atoms with van der Waals surface area (Å²) < 4.78 is 4.88. The Balaban J connectivity index is 2.49. The van der Waals surface area contributed by atoms with Crippen LogP contribution in [0.2, 0.25) is 0 Å². The highest BCUT2D eigenvalue weighted by Gasteiger charge is 1.94. The number of hydrogen-bond donors (Lipinski definition) is 0. The first-order valence-corrected chi connectivity index (χ1v) is 4.57. The van der Waals surface area contributed by atoms with Gasteiger partial charge in [-0.2, -0.15) is 0 Å². The number of benzene rings is 2. The molecule has 13 heavy (non-hydrogen) atoms. The summed E-state index contributed by atoms with van der Waals surface area (Å²) in [6.45, 7) is 0.599. The lowest BCUT2D eigenvalue weighted by atomic mass is 10.1. The second-order valence-corrected chi connectivity index (χ2v) is 3.26. The fourth-order valence-electron chi connectivity index (χ4n) is 1.41. The van der Waals surface area contributed by atoms with E-state index in [0.29, 0.717) is 6.61 Å². The SMILES string of the molecule is [Si]OCc1ccc2ccccc2c1. The summed E-state index contributed by atoms with van der Waals surface area (Å²) in [6, 6.07) is 14.6. The molecule has 0 aromatic heterocycles. The standard InChI is InChI=1S/C11H9OSi/c13-12-8-9-5-6-10-3-1-2-4-11(10)7-9/h1-7H,8H2. The highest BCUT2D eigenvalue weighted by molar-refractivity contribution is 5.97. The summed E-state index contributed by atoms with van der Waals surface area (Å²) in [4.78, 5) is 0. The third kappa shape index (κ3) is 1.79. The molecule has 0 fully saturated rings. The smallest absolute Gasteiger partial charge is 0.246 e. The second kappa shape index (κ2) is 3.73. The van der Waals surface area contributed by atoms with Crippen molar-refractivity contribution < 1.29 is 4.43 Å². The Labute approximate surface area is 80.9 Å². The van der Waals surface area contributed by atoms with E-state index in [1.165, 1.54) is 16.3 Å². The predicted molar refractivity (Wildman–Crippen MR) is 54.5 cm³/mol. The van der Waals surface area contributed by atoms with E-state index in [9.17, 15) is 0 Å². The Bertz CT molecular complexity index is 412. The van der Waals surface area contributed by atoms with Crippen LogP contribution in [0, 0.1) is 0 Å². The molecular weight excluding hydrogens is 176 g/mol. The molecule has 0 saturated carbocycles. The van der Waals surface area contributed by atoms with Gasteiger partial charge in [0, 0.05) is 0 Å². The number of hydrogen-bond acceptors (Lipinski definition) is 1. The minimum Gasteiger partial charge on any atom is -0.414 e. The van der Waals surface area contributed by atoms with Gasteiger partial charge < -0.3 is 4.43 Å². The highest BCUT2D eigenvalue weighted by Crippen LogP contribution is 2.15. The average molecular weight is 185 g/mol. The van der Waals surface area contributed by atoms with E-state index in [-0.39, 0.29) is 0 Å². The van der Waals surface area contributed by atoms with Crippen molar-refractivity contribution in [3.8, 4) is 0 Å². The molecule has 0 aliphatic carbocycles. The van der Waals surface area contributed by atoms with Crippen LogP contribution in [0.1, 0.15) is 5.56 Å². The maximum Gasteiger partial charge on any atom is 0.246 e. The molecule has 0 spiro atoms. The van der Waals surface area contributed by atoms with Crippen molar-refractivity contribution in [1.29, 1.82) is 0 Å². The molecule has 2 aromatic rings. The molecule has 1 nitrogen and oxygen atoms in total. The lowest BCUT2D eigenvalue weighted by Crippen LogP contribution is -1.87. The molecule has 0 saturated heterocycles. The first kappa shape index (κ1) is 8.47. The lowest BCUT2D eigenvalue weighted by molar-refractivity contribution is 0.338. The van der Waals surface area contributed by atoms with Gasteiger partial charge in [0.1, 0.15) is 0 Å². The first-order chi connectivity index (χ1) is 6.40. The van der Waals surface area contributed by atoms with Gasteiger partial charge in [0.25, 0.3) is 0 Å². The molecule has 0 aliphatic heterocycles. The normalized spacial score (nSPS) is 10.5. The minimum absolute atomic E-state index is 0.599. The summed E-state index contributed by atoms with van der Waals surface area (Å²) in [5.41, 5.74) is 1.17. The van der Waals surface area contributed by atoms with Gasteiger partial charge in [0.15, 0.2) is 0 Å². The van der Waals surface area contributed by atoms with E-state index in [1.54, 1.807) is 0 Å². The van der Waals surface area contributed by atoms with Gasteiger partial charge in [0.05, 0.1) is 6.61 Å². The van der Waals surface area contributed by atoms with Crippen molar-refractivity contribution in [3.63, 3.8) is 0 Å². The van der Waals surface area contributed by atoms with Crippen molar-refractivity contribution in [2.75, 3.05) is 0 Å². The third-order valence-electron chi connectivity index (χ3n) is 2.05. The molecule has 2 heteroatoms. The third-order valence-corrected chi connectivity index (χ3v) is 2.20. The van der Waals surface area contributed by atoms with E-state index in [4.69, 9.17) is 4.43 Å². The Morgan fingerprint density at radius 1 is 1.00 bits per heavy atom. The van der Waals surface area contributed by atoms with Gasteiger partial charge in [-0.1, -0.05) is 36.4 Å². The Morgan fingerprint density at radius 3 is 2.54 bits per heavy atom. The largest absolute Gasteiger partial charge is 0.414 e. The Kier molecular flexibility index (Phi) is 2.43. The van der Waals surface area contributed by atoms with Crippen LogP contribution < -0.4 is 0 Å². The zero-order valence-electron chi connectivity index (χ0n) is 7.16. The van der Waals surface area contributed by atoms with Gasteiger partial charge in [-0.15, -0.1) is 0 Å². The molecule has 2 aromatic carbocycles. The van der Waals surface area contributed by atoms with E-state index in [2.05, 4.69) is 40.8 Å². The van der Waals surface area contributed by atoms with Crippen molar-refractivity contribution in [3.05, 3.63) is 48.0 Å². The Hall–Kier alpha value is -1.12. The quantitative estimate of drug-likeness (QED) is 0.653. The fourth-order valence-corrected chi connectivity index (χ4v) is 1.58. The van der Waals surface area contributed by atoms with Crippen molar-refractivity contribution in [2.24, 2.45) is 0 Å². The maximum absolute atomic E-state index is 4.88. The van der Waals surface area contributed by atoms with E-state index < -0.39 is 0 Å². The second-order valence-electron chi connectivity index (χ2n) is 2.97. The lowest BCUT2D eigenvalue weighted by Gasteiger charge is -2.01. The minimum atomic E-state index is 0.599. The van der Waals surface area contributed by atoms with E-state index >= 15 is 0 Å². The molecule has 0 N–H and O–H groups in total. The van der Waals surface area contributed by atoms with Crippen LogP contribution in [-0.4, -0.2) is 10.5 Å². The van der Waals surface area contributed by atoms with Gasteiger partial charge in [0.2, 0.25) is 10.5 Å². The number of fused-ring (bicyclic) bond motifs is 1. The van der Waals surface area contributed by atoms with E-state index in [0.717, 1.165) is 0 Å². The molecule has 0 unspecified atom stereocenters. The summed E-state index contributed by atoms with van der Waals surface area (Å²) in [5, 5.41) is 2.52. The topological polar surface area (TPSA) is 9.23 Å². The molecule has 0 bridgehead atoms. The molecule has 0 heterocycles. The molecule has 0 atom stereocenters. The van der Waals surface area contributed by atoms with Crippen LogP contribution in [0.15, 0.2) is 42.5 Å². The van der Waals surface area contributed by atoms with Gasteiger partial charge in [-0.3, -0.25) is 0 Å². The molecular formula is C11H9OSi. The summed E-state index contributed by atoms with van der Waals surface area (Å²) in [5.74, 6) is 0. The zero-order valence-corrected chi connectivity index (χ0v) is 8.16. The van der Waals surface area contributed by atoms with E-state index in [1.807, 2.05) is 12.1 Å². The fraction of sp³-hybridized carbons (Fsp3) is 0.0909. The highest BCUT2D eigenvalue weighted by atomic mass is 28.2. The number of rotatable bonds is 2. The molecule has 3 radical (unpaired) electrons. The van der Waals surface area contributed by atoms with Gasteiger partial charge >= 0.3 is 0 Å². The van der Waals surface area contributed by atoms with Gasteiger partial charge in [-0.05, 0) is 22.4 Å². The molecule has 63 valence electrons. The molecule has 2 rings (SSSR count). The van der Waals surface area contributed by atoms with Crippen molar-refractivity contribution in [2.45, 2.75) is 6.61 Å². The van der Waals surface area contributed by atoms with Gasteiger partial charge in [-0.25, -0.2) is 0 Å². The monoisotopic (exact) mass is 185 g/mol. The first-order valence-electron chi connectivity index (χ1n) is 4.16. The van der Waals surface area contributed by atoms with Crippen LogP contribution >= 0.6 is 0 Å². The zero-order chi connectivity index (χ0) is 9.10. The maximum atomic E-state index is 4.88. The van der Waals surface area contributed by atoms with Crippen LogP contribution in [0.5, 0.6) is 0 Å². The summed E-state index contributed by atoms with van der Waals surface area (Å²) in [6.07, 6.45) is 0. The molecule has 0 amide bonds. The predicted octanol–water partition coefficient (Wildman–Crippen LogP) is 2.44. The van der Waals surface area contributed by atoms with Crippen LogP contribution in [0.4, 0.5) is 0 Å². The van der Waals surface area contributed by atoms with Crippen LogP contribution in [0.25, 0.3) is 10.8 Å². The van der Waals surface area contributed by atoms with Crippen molar-refractivity contribution in [1.82, 2.24) is 0 Å². The summed E-state index contributed by atoms with van der Waals surface area (Å²) >= 11 is 0. The van der Waals surface area contributed by atoms with Crippen molar-refractivity contribution >= 4 is 21.3 Å². The molecule has 0 aliphatic rings.